The van der Waals surface area contributed by atoms with Crippen molar-refractivity contribution in [2.45, 2.75) is 24.0 Å². The minimum atomic E-state index is -3.90. The molecule has 0 spiro atoms. The number of hydrogen-bond donors (Lipinski definition) is 1. The smallest absolute Gasteiger partial charge is 0.273 e. The highest BCUT2D eigenvalue weighted by Gasteiger charge is 2.33. The molecule has 0 atom stereocenters. The Labute approximate surface area is 114 Å². The van der Waals surface area contributed by atoms with Gasteiger partial charge < -0.3 is 0 Å². The molecule has 9 heteroatoms. The van der Waals surface area contributed by atoms with Crippen molar-refractivity contribution in [3.63, 3.8) is 0 Å². The summed E-state index contributed by atoms with van der Waals surface area (Å²) in [6, 6.07) is 3.39. The van der Waals surface area contributed by atoms with Crippen LogP contribution in [0.4, 0.5) is 0 Å². The Bertz CT molecular complexity index is 721. The lowest BCUT2D eigenvalue weighted by Crippen LogP contribution is -2.18. The zero-order chi connectivity index (χ0) is 13.6. The number of primary sulfonamides is 1. The zero-order valence-electron chi connectivity index (χ0n) is 9.69. The lowest BCUT2D eigenvalue weighted by atomic mass is 10.3. The maximum absolute atomic E-state index is 11.5. The van der Waals surface area contributed by atoms with Crippen molar-refractivity contribution in [1.82, 2.24) is 19.7 Å². The summed E-state index contributed by atoms with van der Waals surface area (Å²) in [6.07, 6.45) is 3.22. The van der Waals surface area contributed by atoms with Crippen LogP contribution in [0.5, 0.6) is 0 Å². The number of nitrogens with two attached hydrogens (primary N) is 1. The van der Waals surface area contributed by atoms with Crippen LogP contribution < -0.4 is 5.14 Å². The second-order valence-electron chi connectivity index (χ2n) is 4.31. The molecule has 0 bridgehead atoms. The van der Waals surface area contributed by atoms with Crippen molar-refractivity contribution in [3.05, 3.63) is 23.4 Å². The molecule has 0 unspecified atom stereocenters. The fourth-order valence-electron chi connectivity index (χ4n) is 1.82. The van der Waals surface area contributed by atoms with E-state index in [-0.39, 0.29) is 11.2 Å². The number of rotatable bonds is 3. The quantitative estimate of drug-likeness (QED) is 0.909. The normalized spacial score (nSPS) is 15.7. The number of pyridine rings is 1. The molecule has 0 saturated heterocycles. The van der Waals surface area contributed by atoms with Crippen LogP contribution in [0.3, 0.4) is 0 Å². The Morgan fingerprint density at radius 2 is 2.05 bits per heavy atom. The molecule has 0 amide bonds. The third-order valence-corrected chi connectivity index (χ3v) is 3.80. The maximum Gasteiger partial charge on any atom is 0.273 e. The van der Waals surface area contributed by atoms with Gasteiger partial charge in [0.15, 0.2) is 5.82 Å². The van der Waals surface area contributed by atoms with Gasteiger partial charge in [-0.05, 0) is 25.0 Å². The molecule has 3 rings (SSSR count). The first-order chi connectivity index (χ1) is 8.97. The number of nitrogens with zero attached hydrogens (tertiary/aromatic N) is 4. The summed E-state index contributed by atoms with van der Waals surface area (Å²) in [5.74, 6) is 0.392. The van der Waals surface area contributed by atoms with E-state index < -0.39 is 10.0 Å². The average molecular weight is 300 g/mol. The monoisotopic (exact) mass is 299 g/mol. The van der Waals surface area contributed by atoms with Gasteiger partial charge in [0.05, 0.1) is 5.02 Å². The van der Waals surface area contributed by atoms with Gasteiger partial charge in [0.1, 0.15) is 5.69 Å². The highest BCUT2D eigenvalue weighted by molar-refractivity contribution is 7.89. The minimum absolute atomic E-state index is 0.0656. The van der Waals surface area contributed by atoms with E-state index in [4.69, 9.17) is 16.7 Å². The van der Waals surface area contributed by atoms with E-state index in [9.17, 15) is 8.42 Å². The summed E-state index contributed by atoms with van der Waals surface area (Å²) in [5.41, 5.74) is 0.513. The highest BCUT2D eigenvalue weighted by atomic mass is 35.5. The zero-order valence-corrected chi connectivity index (χ0v) is 11.3. The number of halogens is 1. The van der Waals surface area contributed by atoms with Gasteiger partial charge in [-0.25, -0.2) is 13.6 Å². The van der Waals surface area contributed by atoms with Crippen LogP contribution in [0.1, 0.15) is 18.9 Å². The van der Waals surface area contributed by atoms with Gasteiger partial charge >= 0.3 is 0 Å². The van der Waals surface area contributed by atoms with Gasteiger partial charge in [-0.15, -0.1) is 10.2 Å². The van der Waals surface area contributed by atoms with Crippen molar-refractivity contribution in [3.8, 4) is 11.5 Å². The van der Waals surface area contributed by atoms with Gasteiger partial charge in [-0.2, -0.15) is 0 Å². The molecule has 0 radical (unpaired) electrons. The summed E-state index contributed by atoms with van der Waals surface area (Å²) >= 11 is 5.77. The van der Waals surface area contributed by atoms with Crippen molar-refractivity contribution in [2.24, 2.45) is 5.14 Å². The molecule has 1 fully saturated rings. The van der Waals surface area contributed by atoms with Crippen molar-refractivity contribution in [2.75, 3.05) is 0 Å². The Morgan fingerprint density at radius 1 is 1.32 bits per heavy atom. The summed E-state index contributed by atoms with van der Waals surface area (Å²) in [6.45, 7) is 0. The molecule has 0 aliphatic heterocycles. The lowest BCUT2D eigenvalue weighted by molar-refractivity contribution is 0.567. The molecule has 2 aromatic heterocycles. The largest absolute Gasteiger partial charge is 0.292 e. The van der Waals surface area contributed by atoms with Crippen LogP contribution in [0.15, 0.2) is 23.5 Å². The second kappa shape index (κ2) is 4.26. The van der Waals surface area contributed by atoms with E-state index in [1.165, 1.54) is 10.8 Å². The third-order valence-electron chi connectivity index (χ3n) is 2.79. The molecule has 2 N–H and O–H groups in total. The topological polar surface area (TPSA) is 104 Å². The van der Waals surface area contributed by atoms with E-state index in [0.29, 0.717) is 16.5 Å². The van der Waals surface area contributed by atoms with Crippen LogP contribution in [0.25, 0.3) is 11.5 Å². The highest BCUT2D eigenvalue weighted by Crippen LogP contribution is 2.39. The Kier molecular flexibility index (Phi) is 2.80. The van der Waals surface area contributed by atoms with E-state index in [2.05, 4.69) is 15.2 Å². The molecular weight excluding hydrogens is 290 g/mol. The molecule has 1 saturated carbocycles. The Hall–Kier alpha value is -1.51. The first-order valence-electron chi connectivity index (χ1n) is 5.56. The van der Waals surface area contributed by atoms with Crippen molar-refractivity contribution in [1.29, 1.82) is 0 Å². The molecule has 19 heavy (non-hydrogen) atoms. The molecule has 0 aromatic carbocycles. The predicted octanol–water partition coefficient (Wildman–Crippen LogP) is 0.976. The van der Waals surface area contributed by atoms with Crippen molar-refractivity contribution >= 4 is 21.6 Å². The molecular formula is C10H10ClN5O2S. The first kappa shape index (κ1) is 12.5. The molecule has 1 aliphatic carbocycles. The van der Waals surface area contributed by atoms with Gasteiger partial charge in [-0.1, -0.05) is 11.6 Å². The summed E-state index contributed by atoms with van der Waals surface area (Å²) in [4.78, 5) is 4.12. The van der Waals surface area contributed by atoms with E-state index in [1.54, 1.807) is 12.1 Å². The molecule has 100 valence electrons. The molecule has 1 aliphatic rings. The number of sulfonamides is 1. The lowest BCUT2D eigenvalue weighted by Gasteiger charge is -2.06. The molecule has 2 heterocycles. The van der Waals surface area contributed by atoms with E-state index in [1.807, 2.05) is 0 Å². The van der Waals surface area contributed by atoms with Crippen LogP contribution in [0, 0.1) is 0 Å². The SMILES string of the molecule is NS(=O)(=O)c1nnc(-c2ccc(Cl)cn2)n1C1CC1. The predicted molar refractivity (Wildman–Crippen MR) is 67.9 cm³/mol. The van der Waals surface area contributed by atoms with Crippen LogP contribution in [0.2, 0.25) is 5.02 Å². The van der Waals surface area contributed by atoms with Crippen molar-refractivity contribution < 1.29 is 8.42 Å². The summed E-state index contributed by atoms with van der Waals surface area (Å²) < 4.78 is 24.5. The fraction of sp³-hybridized carbons (Fsp3) is 0.300. The average Bonchev–Trinajstić information content (AvgIpc) is 3.07. The van der Waals surface area contributed by atoms with Crippen LogP contribution >= 0.6 is 11.6 Å². The number of aromatic nitrogens is 4. The number of hydrogen-bond acceptors (Lipinski definition) is 5. The molecule has 7 nitrogen and oxygen atoms in total. The first-order valence-corrected chi connectivity index (χ1v) is 7.49. The van der Waals surface area contributed by atoms with Crippen LogP contribution in [-0.4, -0.2) is 28.2 Å². The summed E-state index contributed by atoms with van der Waals surface area (Å²) in [5, 5.41) is 13.0. The van der Waals surface area contributed by atoms with Gasteiger partial charge in [0.25, 0.3) is 15.2 Å². The summed E-state index contributed by atoms with van der Waals surface area (Å²) in [7, 11) is -3.90. The molecule has 2 aromatic rings. The standard InChI is InChI=1S/C10H10ClN5O2S/c11-6-1-4-8(13-5-6)9-14-15-10(19(12,17)18)16(9)7-2-3-7/h1,4-5,7H,2-3H2,(H2,12,17,18). The third kappa shape index (κ3) is 2.34. The Morgan fingerprint density at radius 3 is 2.58 bits per heavy atom. The van der Waals surface area contributed by atoms with Gasteiger partial charge in [0.2, 0.25) is 0 Å². The van der Waals surface area contributed by atoms with E-state index >= 15 is 0 Å². The minimum Gasteiger partial charge on any atom is -0.292 e. The maximum atomic E-state index is 11.5. The van der Waals surface area contributed by atoms with Gasteiger partial charge in [0, 0.05) is 12.2 Å². The van der Waals surface area contributed by atoms with Gasteiger partial charge in [-0.3, -0.25) is 9.55 Å². The van der Waals surface area contributed by atoms with Crippen LogP contribution in [-0.2, 0) is 10.0 Å². The Balaban J connectivity index is 2.17. The second-order valence-corrected chi connectivity index (χ2v) is 6.21. The fourth-order valence-corrected chi connectivity index (χ4v) is 2.59. The van der Waals surface area contributed by atoms with E-state index in [0.717, 1.165) is 12.8 Å².